The third kappa shape index (κ3) is 1.72. The number of rotatable bonds is 1. The molecule has 0 aliphatic heterocycles. The second-order valence-electron chi connectivity index (χ2n) is 4.54. The standard InChI is InChI=1S/C11H13ClOSi/c1-14(2,3)11-6-8-4-5-9(12)7-10(8)13-11/h4-7H,1-3H3. The first-order valence-corrected chi connectivity index (χ1v) is 8.54. The van der Waals surface area contributed by atoms with E-state index in [0.717, 1.165) is 21.4 Å². The first-order valence-electron chi connectivity index (χ1n) is 4.66. The van der Waals surface area contributed by atoms with E-state index in [0.29, 0.717) is 0 Å². The molecule has 0 saturated heterocycles. The van der Waals surface area contributed by atoms with Crippen molar-refractivity contribution in [3.05, 3.63) is 29.3 Å². The van der Waals surface area contributed by atoms with Crippen LogP contribution in [-0.4, -0.2) is 8.07 Å². The van der Waals surface area contributed by atoms with Gasteiger partial charge in [-0.25, -0.2) is 0 Å². The fraction of sp³-hybridized carbons (Fsp3) is 0.273. The highest BCUT2D eigenvalue weighted by atomic mass is 35.5. The van der Waals surface area contributed by atoms with Crippen LogP contribution in [0.3, 0.4) is 0 Å². The number of benzene rings is 1. The van der Waals surface area contributed by atoms with Gasteiger partial charge in [-0.1, -0.05) is 31.2 Å². The molecule has 0 unspecified atom stereocenters. The zero-order valence-electron chi connectivity index (χ0n) is 8.60. The molecule has 1 heterocycles. The van der Waals surface area contributed by atoms with E-state index >= 15 is 0 Å². The van der Waals surface area contributed by atoms with Gasteiger partial charge in [0.1, 0.15) is 13.7 Å². The van der Waals surface area contributed by atoms with Crippen LogP contribution in [0.1, 0.15) is 0 Å². The monoisotopic (exact) mass is 224 g/mol. The van der Waals surface area contributed by atoms with Crippen LogP contribution >= 0.6 is 11.6 Å². The van der Waals surface area contributed by atoms with Crippen molar-refractivity contribution in [2.45, 2.75) is 19.6 Å². The third-order valence-corrected chi connectivity index (χ3v) is 4.18. The molecule has 74 valence electrons. The van der Waals surface area contributed by atoms with Gasteiger partial charge in [0.2, 0.25) is 0 Å². The molecule has 0 fully saturated rings. The van der Waals surface area contributed by atoms with Crippen molar-refractivity contribution >= 4 is 36.0 Å². The molecule has 0 N–H and O–H groups in total. The topological polar surface area (TPSA) is 13.1 Å². The van der Waals surface area contributed by atoms with Gasteiger partial charge in [-0.2, -0.15) is 0 Å². The highest BCUT2D eigenvalue weighted by Crippen LogP contribution is 2.20. The average molecular weight is 225 g/mol. The molecule has 0 bridgehead atoms. The Morgan fingerprint density at radius 2 is 1.86 bits per heavy atom. The van der Waals surface area contributed by atoms with Gasteiger partial charge in [-0.3, -0.25) is 0 Å². The van der Waals surface area contributed by atoms with Crippen molar-refractivity contribution < 1.29 is 4.42 Å². The Hall–Kier alpha value is -0.733. The minimum absolute atomic E-state index is 0.731. The molecule has 1 aromatic carbocycles. The largest absolute Gasteiger partial charge is 0.466 e. The minimum atomic E-state index is -1.34. The Kier molecular flexibility index (Phi) is 2.20. The summed E-state index contributed by atoms with van der Waals surface area (Å²) >= 11 is 5.89. The van der Waals surface area contributed by atoms with Gasteiger partial charge in [-0.15, -0.1) is 0 Å². The lowest BCUT2D eigenvalue weighted by atomic mass is 10.3. The summed E-state index contributed by atoms with van der Waals surface area (Å²) in [6, 6.07) is 7.91. The molecule has 0 radical (unpaired) electrons. The molecule has 2 rings (SSSR count). The molecular weight excluding hydrogens is 212 g/mol. The third-order valence-electron chi connectivity index (χ3n) is 2.22. The Morgan fingerprint density at radius 1 is 1.14 bits per heavy atom. The van der Waals surface area contributed by atoms with Crippen molar-refractivity contribution in [3.63, 3.8) is 0 Å². The van der Waals surface area contributed by atoms with Crippen molar-refractivity contribution in [1.82, 2.24) is 0 Å². The fourth-order valence-corrected chi connectivity index (χ4v) is 2.54. The molecule has 0 spiro atoms. The van der Waals surface area contributed by atoms with Gasteiger partial charge in [0.25, 0.3) is 0 Å². The molecule has 0 atom stereocenters. The Morgan fingerprint density at radius 3 is 2.50 bits per heavy atom. The van der Waals surface area contributed by atoms with E-state index < -0.39 is 8.07 Å². The zero-order valence-corrected chi connectivity index (χ0v) is 10.4. The van der Waals surface area contributed by atoms with Gasteiger partial charge in [0.15, 0.2) is 0 Å². The highest BCUT2D eigenvalue weighted by molar-refractivity contribution is 6.87. The molecule has 0 aliphatic carbocycles. The van der Waals surface area contributed by atoms with Gasteiger partial charge in [0.05, 0.1) is 5.38 Å². The van der Waals surface area contributed by atoms with Gasteiger partial charge >= 0.3 is 0 Å². The Bertz CT molecular complexity index is 468. The van der Waals surface area contributed by atoms with Gasteiger partial charge in [-0.05, 0) is 24.3 Å². The number of hydrogen-bond donors (Lipinski definition) is 0. The lowest BCUT2D eigenvalue weighted by molar-refractivity contribution is 0.648. The van der Waals surface area contributed by atoms with Crippen LogP contribution in [0.25, 0.3) is 11.0 Å². The molecule has 3 heteroatoms. The number of hydrogen-bond acceptors (Lipinski definition) is 1. The van der Waals surface area contributed by atoms with E-state index in [9.17, 15) is 0 Å². The van der Waals surface area contributed by atoms with Crippen molar-refractivity contribution in [3.8, 4) is 0 Å². The number of halogens is 1. The summed E-state index contributed by atoms with van der Waals surface area (Å²) in [7, 11) is -1.34. The summed E-state index contributed by atoms with van der Waals surface area (Å²) in [6.07, 6.45) is 0. The van der Waals surface area contributed by atoms with Crippen molar-refractivity contribution in [1.29, 1.82) is 0 Å². The summed E-state index contributed by atoms with van der Waals surface area (Å²) in [4.78, 5) is 0. The maximum absolute atomic E-state index is 5.89. The van der Waals surface area contributed by atoms with Gasteiger partial charge < -0.3 is 4.42 Å². The summed E-state index contributed by atoms with van der Waals surface area (Å²) < 4.78 is 5.79. The van der Waals surface area contributed by atoms with E-state index in [1.165, 1.54) is 0 Å². The molecule has 1 aromatic heterocycles. The molecule has 0 amide bonds. The van der Waals surface area contributed by atoms with E-state index in [1.54, 1.807) is 0 Å². The average Bonchev–Trinajstić information content (AvgIpc) is 2.45. The van der Waals surface area contributed by atoms with E-state index in [-0.39, 0.29) is 0 Å². The van der Waals surface area contributed by atoms with E-state index in [4.69, 9.17) is 16.0 Å². The van der Waals surface area contributed by atoms with Crippen LogP contribution < -0.4 is 5.38 Å². The van der Waals surface area contributed by atoms with Crippen LogP contribution in [0, 0.1) is 0 Å². The Labute approximate surface area is 89.7 Å². The van der Waals surface area contributed by atoms with Crippen LogP contribution in [0.5, 0.6) is 0 Å². The normalized spacial score (nSPS) is 12.3. The summed E-state index contributed by atoms with van der Waals surface area (Å²) in [5.74, 6) is 0. The SMILES string of the molecule is C[Si](C)(C)c1cc2ccc(Cl)cc2o1. The predicted octanol–water partition coefficient (Wildman–Crippen LogP) is 3.63. The fourth-order valence-electron chi connectivity index (χ4n) is 1.37. The van der Waals surface area contributed by atoms with Crippen LogP contribution in [-0.2, 0) is 0 Å². The van der Waals surface area contributed by atoms with Crippen molar-refractivity contribution in [2.75, 3.05) is 0 Å². The summed E-state index contributed by atoms with van der Waals surface area (Å²) in [5, 5.41) is 3.01. The highest BCUT2D eigenvalue weighted by Gasteiger charge is 2.21. The summed E-state index contributed by atoms with van der Waals surface area (Å²) in [5.41, 5.74) is 0.898. The Balaban J connectivity index is 2.63. The smallest absolute Gasteiger partial charge is 0.135 e. The number of fused-ring (bicyclic) bond motifs is 1. The molecular formula is C11H13ClOSi. The van der Waals surface area contributed by atoms with Crippen LogP contribution in [0.4, 0.5) is 0 Å². The lowest BCUT2D eigenvalue weighted by Gasteiger charge is -2.10. The van der Waals surface area contributed by atoms with Crippen LogP contribution in [0.2, 0.25) is 24.7 Å². The first-order chi connectivity index (χ1) is 6.47. The second-order valence-corrected chi connectivity index (χ2v) is 9.97. The van der Waals surface area contributed by atoms with Crippen molar-refractivity contribution in [2.24, 2.45) is 0 Å². The van der Waals surface area contributed by atoms with Gasteiger partial charge in [0, 0.05) is 10.4 Å². The maximum Gasteiger partial charge on any atom is 0.135 e. The second kappa shape index (κ2) is 3.14. The maximum atomic E-state index is 5.89. The summed E-state index contributed by atoms with van der Waals surface area (Å²) in [6.45, 7) is 6.81. The minimum Gasteiger partial charge on any atom is -0.466 e. The number of furan rings is 1. The molecule has 14 heavy (non-hydrogen) atoms. The lowest BCUT2D eigenvalue weighted by Crippen LogP contribution is -2.36. The van der Waals surface area contributed by atoms with E-state index in [2.05, 4.69) is 25.7 Å². The quantitative estimate of drug-likeness (QED) is 0.675. The zero-order chi connectivity index (χ0) is 10.3. The molecule has 2 aromatic rings. The molecule has 0 aliphatic rings. The first kappa shape index (κ1) is 9.81. The predicted molar refractivity (Wildman–Crippen MR) is 64.2 cm³/mol. The molecule has 0 saturated carbocycles. The van der Waals surface area contributed by atoms with E-state index in [1.807, 2.05) is 18.2 Å². The molecule has 1 nitrogen and oxygen atoms in total. The van der Waals surface area contributed by atoms with Crippen LogP contribution in [0.15, 0.2) is 28.7 Å².